The minimum atomic E-state index is -0.525. The van der Waals surface area contributed by atoms with Gasteiger partial charge in [-0.15, -0.1) is 0 Å². The monoisotopic (exact) mass is 430 g/mol. The second-order valence-corrected chi connectivity index (χ2v) is 7.25. The molecule has 2 aromatic carbocycles. The molecule has 0 aliphatic heterocycles. The van der Waals surface area contributed by atoms with E-state index in [4.69, 9.17) is 9.72 Å². The molecule has 0 unspecified atom stereocenters. The molecule has 4 aromatic rings. The molecule has 32 heavy (non-hydrogen) atoms. The van der Waals surface area contributed by atoms with Crippen molar-refractivity contribution < 1.29 is 9.53 Å². The summed E-state index contributed by atoms with van der Waals surface area (Å²) in [5.41, 5.74) is 1.46. The van der Waals surface area contributed by atoms with Crippen LogP contribution in [-0.2, 0) is 14.1 Å². The maximum absolute atomic E-state index is 13.2. The number of amides is 1. The lowest BCUT2D eigenvalue weighted by atomic mass is 10.0. The number of carbonyl (C=O) groups is 1. The number of pyridine rings is 1. The Morgan fingerprint density at radius 1 is 1.00 bits per heavy atom. The number of fused-ring (bicyclic) bond motifs is 1. The molecule has 4 rings (SSSR count). The Balaban J connectivity index is 1.79. The third kappa shape index (κ3) is 3.90. The summed E-state index contributed by atoms with van der Waals surface area (Å²) in [6.07, 6.45) is 0. The second kappa shape index (κ2) is 8.50. The van der Waals surface area contributed by atoms with Crippen molar-refractivity contribution in [3.05, 3.63) is 87.1 Å². The van der Waals surface area contributed by atoms with Crippen molar-refractivity contribution in [1.82, 2.24) is 14.1 Å². The predicted molar refractivity (Wildman–Crippen MR) is 123 cm³/mol. The van der Waals surface area contributed by atoms with Gasteiger partial charge in [0.15, 0.2) is 0 Å². The van der Waals surface area contributed by atoms with Crippen LogP contribution in [0, 0.1) is 0 Å². The van der Waals surface area contributed by atoms with E-state index in [0.717, 1.165) is 15.9 Å². The Labute approximate surface area is 183 Å². The standard InChI is InChI=1S/C24H22N4O4/c1-4-32-16-11-9-15(10-12-16)20-13-18(17-7-5-6-8-19(17)25-20)23(30)26-21-14-22(29)28(3)24(31)27(21)2/h5-14H,4H2,1-3H3,(H,26,30). The SMILES string of the molecule is CCOc1ccc(-c2cc(C(=O)Nc3cc(=O)n(C)c(=O)n3C)c3ccccc3n2)cc1. The van der Waals surface area contributed by atoms with Gasteiger partial charge < -0.3 is 10.1 Å². The van der Waals surface area contributed by atoms with Crippen LogP contribution in [0.4, 0.5) is 5.82 Å². The van der Waals surface area contributed by atoms with Gasteiger partial charge in [-0.25, -0.2) is 9.78 Å². The highest BCUT2D eigenvalue weighted by molar-refractivity contribution is 6.12. The van der Waals surface area contributed by atoms with Gasteiger partial charge in [-0.05, 0) is 43.3 Å². The number of nitrogens with one attached hydrogen (secondary N) is 1. The van der Waals surface area contributed by atoms with Crippen LogP contribution in [0.3, 0.4) is 0 Å². The molecule has 0 bridgehead atoms. The lowest BCUT2D eigenvalue weighted by Gasteiger charge is -2.13. The van der Waals surface area contributed by atoms with Gasteiger partial charge in [-0.3, -0.25) is 18.7 Å². The van der Waals surface area contributed by atoms with Crippen molar-refractivity contribution in [3.8, 4) is 17.0 Å². The number of carbonyl (C=O) groups excluding carboxylic acids is 1. The molecule has 0 atom stereocenters. The average Bonchev–Trinajstić information content (AvgIpc) is 2.81. The fraction of sp³-hybridized carbons (Fsp3) is 0.167. The summed E-state index contributed by atoms with van der Waals surface area (Å²) in [6.45, 7) is 2.49. The minimum Gasteiger partial charge on any atom is -0.494 e. The van der Waals surface area contributed by atoms with Crippen LogP contribution in [-0.4, -0.2) is 26.6 Å². The van der Waals surface area contributed by atoms with Crippen LogP contribution in [0.2, 0.25) is 0 Å². The highest BCUT2D eigenvalue weighted by atomic mass is 16.5. The Morgan fingerprint density at radius 2 is 1.72 bits per heavy atom. The molecule has 8 heteroatoms. The summed E-state index contributed by atoms with van der Waals surface area (Å²) in [7, 11) is 2.88. The van der Waals surface area contributed by atoms with E-state index in [2.05, 4.69) is 5.32 Å². The molecular formula is C24H22N4O4. The molecule has 0 fully saturated rings. The van der Waals surface area contributed by atoms with Crippen molar-refractivity contribution in [2.24, 2.45) is 14.1 Å². The van der Waals surface area contributed by atoms with Crippen molar-refractivity contribution in [1.29, 1.82) is 0 Å². The number of rotatable bonds is 5. The Kier molecular flexibility index (Phi) is 5.59. The number of nitrogens with zero attached hydrogens (tertiary/aromatic N) is 3. The second-order valence-electron chi connectivity index (χ2n) is 7.25. The molecule has 0 saturated carbocycles. The zero-order valence-corrected chi connectivity index (χ0v) is 18.0. The Hall–Kier alpha value is -4.20. The van der Waals surface area contributed by atoms with Crippen LogP contribution in [0.1, 0.15) is 17.3 Å². The highest BCUT2D eigenvalue weighted by Gasteiger charge is 2.16. The van der Waals surface area contributed by atoms with Gasteiger partial charge in [0.1, 0.15) is 11.6 Å². The number of hydrogen-bond acceptors (Lipinski definition) is 5. The predicted octanol–water partition coefficient (Wildman–Crippen LogP) is 2.95. The lowest BCUT2D eigenvalue weighted by Crippen LogP contribution is -2.38. The summed E-state index contributed by atoms with van der Waals surface area (Å²) in [5.74, 6) is 0.423. The quantitative estimate of drug-likeness (QED) is 0.525. The van der Waals surface area contributed by atoms with E-state index in [-0.39, 0.29) is 5.82 Å². The van der Waals surface area contributed by atoms with Crippen molar-refractivity contribution in [2.75, 3.05) is 11.9 Å². The maximum atomic E-state index is 13.2. The largest absolute Gasteiger partial charge is 0.494 e. The molecular weight excluding hydrogens is 408 g/mol. The number of benzene rings is 2. The number of para-hydroxylation sites is 1. The fourth-order valence-electron chi connectivity index (χ4n) is 3.44. The average molecular weight is 430 g/mol. The van der Waals surface area contributed by atoms with Gasteiger partial charge in [0, 0.05) is 31.1 Å². The number of aromatic nitrogens is 3. The third-order valence-corrected chi connectivity index (χ3v) is 5.19. The van der Waals surface area contributed by atoms with E-state index < -0.39 is 17.2 Å². The van der Waals surface area contributed by atoms with Gasteiger partial charge in [-0.1, -0.05) is 18.2 Å². The fourth-order valence-corrected chi connectivity index (χ4v) is 3.44. The van der Waals surface area contributed by atoms with Gasteiger partial charge in [0.25, 0.3) is 11.5 Å². The van der Waals surface area contributed by atoms with Gasteiger partial charge in [0.2, 0.25) is 0 Å². The molecule has 0 spiro atoms. The summed E-state index contributed by atoms with van der Waals surface area (Å²) >= 11 is 0. The number of anilines is 1. The van der Waals surface area contributed by atoms with E-state index in [1.54, 1.807) is 6.07 Å². The summed E-state index contributed by atoms with van der Waals surface area (Å²) in [5, 5.41) is 3.36. The van der Waals surface area contributed by atoms with E-state index in [1.807, 2.05) is 55.5 Å². The number of ether oxygens (including phenoxy) is 1. The molecule has 0 saturated heterocycles. The van der Waals surface area contributed by atoms with Crippen LogP contribution >= 0.6 is 0 Å². The van der Waals surface area contributed by atoms with E-state index >= 15 is 0 Å². The smallest absolute Gasteiger partial charge is 0.332 e. The minimum absolute atomic E-state index is 0.117. The molecule has 0 radical (unpaired) electrons. The normalized spacial score (nSPS) is 10.8. The molecule has 2 heterocycles. The van der Waals surface area contributed by atoms with Crippen molar-refractivity contribution in [2.45, 2.75) is 6.92 Å². The first kappa shape index (κ1) is 21.0. The lowest BCUT2D eigenvalue weighted by molar-refractivity contribution is 0.102. The van der Waals surface area contributed by atoms with Gasteiger partial charge in [0.05, 0.1) is 23.4 Å². The van der Waals surface area contributed by atoms with Gasteiger partial charge >= 0.3 is 5.69 Å². The van der Waals surface area contributed by atoms with E-state index in [9.17, 15) is 14.4 Å². The van der Waals surface area contributed by atoms with E-state index in [0.29, 0.717) is 28.8 Å². The first-order chi connectivity index (χ1) is 15.4. The molecule has 1 amide bonds. The molecule has 162 valence electrons. The van der Waals surface area contributed by atoms with Crippen LogP contribution in [0.5, 0.6) is 5.75 Å². The van der Waals surface area contributed by atoms with Crippen LogP contribution in [0.25, 0.3) is 22.2 Å². The summed E-state index contributed by atoms with van der Waals surface area (Å²) in [6, 6.07) is 17.7. The zero-order chi connectivity index (χ0) is 22.8. The molecule has 8 nitrogen and oxygen atoms in total. The zero-order valence-electron chi connectivity index (χ0n) is 18.0. The molecule has 1 N–H and O–H groups in total. The third-order valence-electron chi connectivity index (χ3n) is 5.19. The van der Waals surface area contributed by atoms with Gasteiger partial charge in [-0.2, -0.15) is 0 Å². The molecule has 2 aromatic heterocycles. The Morgan fingerprint density at radius 3 is 2.44 bits per heavy atom. The molecule has 0 aliphatic rings. The topological polar surface area (TPSA) is 95.2 Å². The summed E-state index contributed by atoms with van der Waals surface area (Å²) < 4.78 is 7.69. The first-order valence-electron chi connectivity index (χ1n) is 10.1. The van der Waals surface area contributed by atoms with Crippen LogP contribution in [0.15, 0.2) is 70.3 Å². The maximum Gasteiger partial charge on any atom is 0.332 e. The van der Waals surface area contributed by atoms with Crippen molar-refractivity contribution >= 4 is 22.6 Å². The highest BCUT2D eigenvalue weighted by Crippen LogP contribution is 2.27. The van der Waals surface area contributed by atoms with E-state index in [1.165, 1.54) is 24.7 Å². The number of hydrogen-bond donors (Lipinski definition) is 1. The van der Waals surface area contributed by atoms with Crippen LogP contribution < -0.4 is 21.3 Å². The Bertz CT molecular complexity index is 1440. The first-order valence-corrected chi connectivity index (χ1v) is 10.1. The summed E-state index contributed by atoms with van der Waals surface area (Å²) in [4.78, 5) is 42.2. The van der Waals surface area contributed by atoms with Crippen molar-refractivity contribution in [3.63, 3.8) is 0 Å². The molecule has 0 aliphatic carbocycles.